The molecule has 0 heterocycles. The van der Waals surface area contributed by atoms with Gasteiger partial charge in [-0.1, -0.05) is 6.07 Å². The molecule has 1 aromatic rings. The summed E-state index contributed by atoms with van der Waals surface area (Å²) in [7, 11) is 0. The van der Waals surface area contributed by atoms with Gasteiger partial charge in [-0.25, -0.2) is 4.79 Å². The number of hydrogen-bond acceptors (Lipinski definition) is 5. The lowest BCUT2D eigenvalue weighted by Gasteiger charge is -2.09. The van der Waals surface area contributed by atoms with E-state index in [1.807, 2.05) is 0 Å². The van der Waals surface area contributed by atoms with E-state index >= 15 is 0 Å². The monoisotopic (exact) mass is 283 g/mol. The minimum Gasteiger partial charge on any atom is -0.504 e. The molecule has 0 unspecified atom stereocenters. The molecule has 102 valence electrons. The molecule has 0 spiro atoms. The third-order valence-electron chi connectivity index (χ3n) is 2.22. The van der Waals surface area contributed by atoms with Crippen LogP contribution in [0.5, 0.6) is 11.5 Å². The average molecular weight is 283 g/mol. The van der Waals surface area contributed by atoms with Gasteiger partial charge < -0.3 is 20.6 Å². The summed E-state index contributed by atoms with van der Waals surface area (Å²) in [6, 6.07) is 2.98. The Bertz CT molecular complexity index is 515. The number of phenols is 2. The van der Waals surface area contributed by atoms with Crippen molar-refractivity contribution in [2.24, 2.45) is 0 Å². The number of amides is 1. The smallest absolute Gasteiger partial charge is 0.327 e. The Hall–Kier alpha value is -2.15. The molecule has 1 rings (SSSR count). The van der Waals surface area contributed by atoms with Gasteiger partial charge in [-0.05, 0) is 23.8 Å². The summed E-state index contributed by atoms with van der Waals surface area (Å²) in [6.45, 7) is 0. The molecule has 0 bridgehead atoms. The Labute approximate surface area is 114 Å². The molecule has 1 atom stereocenters. The topological polar surface area (TPSA) is 107 Å². The molecular weight excluding hydrogens is 270 g/mol. The van der Waals surface area contributed by atoms with Crippen LogP contribution in [0.4, 0.5) is 0 Å². The first-order valence-electron chi connectivity index (χ1n) is 5.28. The van der Waals surface area contributed by atoms with Crippen LogP contribution in [-0.4, -0.2) is 39.0 Å². The molecule has 0 radical (unpaired) electrons. The van der Waals surface area contributed by atoms with Gasteiger partial charge >= 0.3 is 5.97 Å². The Kier molecular flexibility index (Phi) is 5.25. The predicted molar refractivity (Wildman–Crippen MR) is 72.2 cm³/mol. The lowest BCUT2D eigenvalue weighted by atomic mass is 10.2. The highest BCUT2D eigenvalue weighted by Gasteiger charge is 2.16. The summed E-state index contributed by atoms with van der Waals surface area (Å²) < 4.78 is 0. The van der Waals surface area contributed by atoms with E-state index in [1.54, 1.807) is 0 Å². The molecule has 0 aliphatic rings. The van der Waals surface area contributed by atoms with Gasteiger partial charge in [0.15, 0.2) is 11.5 Å². The van der Waals surface area contributed by atoms with Crippen molar-refractivity contribution in [1.82, 2.24) is 5.32 Å². The van der Waals surface area contributed by atoms with Crippen LogP contribution < -0.4 is 5.32 Å². The zero-order chi connectivity index (χ0) is 14.4. The van der Waals surface area contributed by atoms with E-state index in [-0.39, 0.29) is 17.3 Å². The number of aromatic hydroxyl groups is 2. The fourth-order valence-electron chi connectivity index (χ4n) is 1.22. The molecule has 1 aromatic carbocycles. The van der Waals surface area contributed by atoms with E-state index in [0.29, 0.717) is 5.56 Å². The maximum Gasteiger partial charge on any atom is 0.327 e. The second-order valence-corrected chi connectivity index (χ2v) is 4.03. The van der Waals surface area contributed by atoms with E-state index < -0.39 is 17.9 Å². The fraction of sp³-hybridized carbons (Fsp3) is 0.167. The molecule has 6 nitrogen and oxygen atoms in total. The maximum absolute atomic E-state index is 11.4. The summed E-state index contributed by atoms with van der Waals surface area (Å²) in [5.74, 6) is -2.34. The largest absolute Gasteiger partial charge is 0.504 e. The molecule has 1 amide bonds. The Balaban J connectivity index is 2.68. The van der Waals surface area contributed by atoms with Gasteiger partial charge in [-0.2, -0.15) is 12.6 Å². The number of thiol groups is 1. The van der Waals surface area contributed by atoms with Gasteiger partial charge in [0, 0.05) is 11.8 Å². The minimum atomic E-state index is -1.17. The zero-order valence-corrected chi connectivity index (χ0v) is 10.7. The second kappa shape index (κ2) is 6.69. The molecule has 0 aliphatic heterocycles. The van der Waals surface area contributed by atoms with Crippen molar-refractivity contribution in [1.29, 1.82) is 0 Å². The number of carboxylic acids is 1. The number of benzene rings is 1. The highest BCUT2D eigenvalue weighted by Crippen LogP contribution is 2.25. The normalized spacial score (nSPS) is 12.3. The van der Waals surface area contributed by atoms with Crippen LogP contribution in [0.15, 0.2) is 24.3 Å². The summed E-state index contributed by atoms with van der Waals surface area (Å²) in [5.41, 5.74) is 0.489. The molecule has 0 saturated heterocycles. The standard InChI is InChI=1S/C12H13NO5S/c14-9-3-1-7(5-10(9)15)2-4-11(16)13-8(6-19)12(17)18/h1-5,8,14-15,19H,6H2,(H,13,16)(H,17,18)/b4-2+/t8-/m0/s1. The van der Waals surface area contributed by atoms with Gasteiger partial charge in [0.2, 0.25) is 5.91 Å². The van der Waals surface area contributed by atoms with E-state index in [2.05, 4.69) is 17.9 Å². The SMILES string of the molecule is O=C(/C=C/c1ccc(O)c(O)c1)N[C@@H](CS)C(=O)O. The van der Waals surface area contributed by atoms with Crippen molar-refractivity contribution >= 4 is 30.6 Å². The van der Waals surface area contributed by atoms with Crippen LogP contribution in [0, 0.1) is 0 Å². The molecule has 0 fully saturated rings. The third-order valence-corrected chi connectivity index (χ3v) is 2.59. The van der Waals surface area contributed by atoms with Crippen molar-refractivity contribution in [3.05, 3.63) is 29.8 Å². The third kappa shape index (κ3) is 4.55. The van der Waals surface area contributed by atoms with Crippen molar-refractivity contribution in [2.45, 2.75) is 6.04 Å². The van der Waals surface area contributed by atoms with Crippen LogP contribution in [0.3, 0.4) is 0 Å². The number of carbonyl (C=O) groups is 2. The molecule has 0 saturated carbocycles. The van der Waals surface area contributed by atoms with Crippen LogP contribution >= 0.6 is 12.6 Å². The molecule has 19 heavy (non-hydrogen) atoms. The predicted octanol–water partition coefficient (Wildman–Crippen LogP) is 0.610. The number of rotatable bonds is 5. The highest BCUT2D eigenvalue weighted by atomic mass is 32.1. The zero-order valence-electron chi connectivity index (χ0n) is 9.78. The fourth-order valence-corrected chi connectivity index (χ4v) is 1.47. The van der Waals surface area contributed by atoms with E-state index in [9.17, 15) is 14.7 Å². The van der Waals surface area contributed by atoms with Crippen LogP contribution in [0.25, 0.3) is 6.08 Å². The van der Waals surface area contributed by atoms with E-state index in [1.165, 1.54) is 24.3 Å². The van der Waals surface area contributed by atoms with Gasteiger partial charge in [0.25, 0.3) is 0 Å². The number of carbonyl (C=O) groups excluding carboxylic acids is 1. The molecule has 0 aromatic heterocycles. The number of carboxylic acid groups (broad SMARTS) is 1. The van der Waals surface area contributed by atoms with Crippen LogP contribution in [0.2, 0.25) is 0 Å². The number of aliphatic carboxylic acids is 1. The van der Waals surface area contributed by atoms with Crippen molar-refractivity contribution in [3.8, 4) is 11.5 Å². The molecule has 0 aliphatic carbocycles. The Morgan fingerprint density at radius 2 is 2.00 bits per heavy atom. The van der Waals surface area contributed by atoms with E-state index in [4.69, 9.17) is 10.2 Å². The number of nitrogens with one attached hydrogen (secondary N) is 1. The quantitative estimate of drug-likeness (QED) is 0.309. The average Bonchev–Trinajstić information content (AvgIpc) is 2.37. The van der Waals surface area contributed by atoms with Gasteiger partial charge in [-0.15, -0.1) is 0 Å². The first-order chi connectivity index (χ1) is 8.93. The van der Waals surface area contributed by atoms with Gasteiger partial charge in [0.05, 0.1) is 0 Å². The van der Waals surface area contributed by atoms with Crippen molar-refractivity contribution in [3.63, 3.8) is 0 Å². The summed E-state index contributed by atoms with van der Waals surface area (Å²) in [6.07, 6.45) is 2.51. The molecular formula is C12H13NO5S. The Morgan fingerprint density at radius 3 is 2.53 bits per heavy atom. The highest BCUT2D eigenvalue weighted by molar-refractivity contribution is 7.80. The first-order valence-corrected chi connectivity index (χ1v) is 5.91. The summed E-state index contributed by atoms with van der Waals surface area (Å²) >= 11 is 3.81. The van der Waals surface area contributed by atoms with Crippen LogP contribution in [-0.2, 0) is 9.59 Å². The van der Waals surface area contributed by atoms with Crippen LogP contribution in [0.1, 0.15) is 5.56 Å². The van der Waals surface area contributed by atoms with E-state index in [0.717, 1.165) is 6.08 Å². The lowest BCUT2D eigenvalue weighted by molar-refractivity contribution is -0.140. The maximum atomic E-state index is 11.4. The number of phenolic OH excluding ortho intramolecular Hbond substituents is 2. The summed E-state index contributed by atoms with van der Waals surface area (Å²) in [5, 5.41) is 29.3. The number of hydrogen-bond donors (Lipinski definition) is 5. The van der Waals surface area contributed by atoms with Gasteiger partial charge in [-0.3, -0.25) is 4.79 Å². The lowest BCUT2D eigenvalue weighted by Crippen LogP contribution is -2.41. The molecule has 4 N–H and O–H groups in total. The van der Waals surface area contributed by atoms with Crippen molar-refractivity contribution < 1.29 is 24.9 Å². The van der Waals surface area contributed by atoms with Crippen molar-refractivity contribution in [2.75, 3.05) is 5.75 Å². The van der Waals surface area contributed by atoms with Gasteiger partial charge in [0.1, 0.15) is 6.04 Å². The first kappa shape index (κ1) is 14.9. The second-order valence-electron chi connectivity index (χ2n) is 3.66. The Morgan fingerprint density at radius 1 is 1.32 bits per heavy atom. The summed E-state index contributed by atoms with van der Waals surface area (Å²) in [4.78, 5) is 22.1. The minimum absolute atomic E-state index is 0.0189. The molecule has 7 heteroatoms.